The van der Waals surface area contributed by atoms with Crippen LogP contribution in [0, 0.1) is 0 Å². The topological polar surface area (TPSA) is 62.5 Å². The Morgan fingerprint density at radius 3 is 2.81 bits per heavy atom. The van der Waals surface area contributed by atoms with Crippen LogP contribution in [0.4, 0.5) is 0 Å². The van der Waals surface area contributed by atoms with Gasteiger partial charge in [-0.1, -0.05) is 12.1 Å². The van der Waals surface area contributed by atoms with Gasteiger partial charge in [-0.3, -0.25) is 4.98 Å². The van der Waals surface area contributed by atoms with Crippen molar-refractivity contribution in [3.05, 3.63) is 54.5 Å². The third kappa shape index (κ3) is 3.33. The molecule has 1 aromatic carbocycles. The van der Waals surface area contributed by atoms with E-state index in [0.29, 0.717) is 17.1 Å². The zero-order chi connectivity index (χ0) is 13.9. The second kappa shape index (κ2) is 6.58. The summed E-state index contributed by atoms with van der Waals surface area (Å²) in [5.41, 5.74) is 1.26. The van der Waals surface area contributed by atoms with Gasteiger partial charge >= 0.3 is 5.97 Å². The summed E-state index contributed by atoms with van der Waals surface area (Å²) in [6.45, 7) is 0. The minimum atomic E-state index is -0.446. The first-order valence-corrected chi connectivity index (χ1v) is 5.99. The van der Waals surface area contributed by atoms with Gasteiger partial charge in [0.1, 0.15) is 11.5 Å². The molecular weight excluding hydrogens is 437 g/mol. The number of hydrogen-bond acceptors (Lipinski definition) is 4. The number of esters is 1. The Balaban J connectivity index is 0.00000161. The third-order valence-electron chi connectivity index (χ3n) is 2.84. The van der Waals surface area contributed by atoms with Gasteiger partial charge in [0.15, 0.2) is 0 Å². The van der Waals surface area contributed by atoms with E-state index < -0.39 is 5.97 Å². The molecule has 0 fully saturated rings. The predicted octanol–water partition coefficient (Wildman–Crippen LogP) is 2.77. The van der Waals surface area contributed by atoms with Gasteiger partial charge in [-0.25, -0.2) is 4.79 Å². The molecular formula is C15H11N2O3Ta-. The quantitative estimate of drug-likeness (QED) is 0.577. The Kier molecular flexibility index (Phi) is 4.80. The smallest absolute Gasteiger partial charge is 0.339 e. The summed E-state index contributed by atoms with van der Waals surface area (Å²) in [6.07, 6.45) is 4.72. The van der Waals surface area contributed by atoms with Crippen molar-refractivity contribution in [3.63, 3.8) is 0 Å². The minimum Gasteiger partial charge on any atom is -0.664 e. The summed E-state index contributed by atoms with van der Waals surface area (Å²) in [5, 5.41) is 1.000. The molecule has 0 aliphatic rings. The normalized spacial score (nSPS) is 9.95. The van der Waals surface area contributed by atoms with Crippen molar-refractivity contribution in [2.75, 3.05) is 7.11 Å². The number of rotatable bonds is 3. The van der Waals surface area contributed by atoms with Crippen LogP contribution in [-0.2, 0) is 27.1 Å². The molecule has 0 bridgehead atoms. The van der Waals surface area contributed by atoms with Crippen molar-refractivity contribution < 1.29 is 36.6 Å². The van der Waals surface area contributed by atoms with E-state index in [1.165, 1.54) is 13.3 Å². The van der Waals surface area contributed by atoms with Gasteiger partial charge in [-0.05, 0) is 23.6 Å². The number of carbonyl (C=O) groups excluding carboxylic acids is 1. The molecule has 0 spiro atoms. The molecule has 2 heterocycles. The van der Waals surface area contributed by atoms with Crippen molar-refractivity contribution in [1.82, 2.24) is 9.97 Å². The molecule has 0 N–H and O–H groups in total. The Morgan fingerprint density at radius 1 is 1.14 bits per heavy atom. The van der Waals surface area contributed by atoms with Crippen molar-refractivity contribution >= 4 is 16.9 Å². The molecule has 0 amide bonds. The van der Waals surface area contributed by atoms with Gasteiger partial charge in [0.2, 0.25) is 0 Å². The van der Waals surface area contributed by atoms with Crippen LogP contribution in [0.5, 0.6) is 11.5 Å². The van der Waals surface area contributed by atoms with Crippen molar-refractivity contribution in [3.8, 4) is 11.5 Å². The average Bonchev–Trinajstić information content (AvgIpc) is 2.94. The van der Waals surface area contributed by atoms with Gasteiger partial charge in [0.25, 0.3) is 0 Å². The second-order valence-electron chi connectivity index (χ2n) is 4.17. The number of nitrogens with zero attached hydrogens (tertiary/aromatic N) is 2. The fourth-order valence-corrected chi connectivity index (χ4v) is 1.89. The van der Waals surface area contributed by atoms with Crippen LogP contribution in [-0.4, -0.2) is 18.1 Å². The van der Waals surface area contributed by atoms with Crippen LogP contribution in [0.25, 0.3) is 10.9 Å². The van der Waals surface area contributed by atoms with Crippen LogP contribution in [0.3, 0.4) is 0 Å². The number of methoxy groups -OCH3 is 1. The number of aromatic nitrogens is 2. The zero-order valence-electron chi connectivity index (χ0n) is 11.2. The molecule has 6 heteroatoms. The monoisotopic (exact) mass is 448 g/mol. The van der Waals surface area contributed by atoms with Gasteiger partial charge < -0.3 is 14.5 Å². The summed E-state index contributed by atoms with van der Waals surface area (Å²) in [7, 11) is 1.33. The Hall–Kier alpha value is -2.08. The molecule has 1 radical (unpaired) electrons. The molecule has 0 aliphatic carbocycles. The summed E-state index contributed by atoms with van der Waals surface area (Å²) in [4.78, 5) is 19.6. The minimum absolute atomic E-state index is 0. The van der Waals surface area contributed by atoms with E-state index in [0.717, 1.165) is 10.9 Å². The van der Waals surface area contributed by atoms with E-state index in [1.807, 2.05) is 24.3 Å². The van der Waals surface area contributed by atoms with Crippen molar-refractivity contribution in [2.24, 2.45) is 0 Å². The molecule has 0 aliphatic heterocycles. The standard InChI is InChI=1S/C15H11N2O3.Ta/c1-19-15(18)11-7-13(9-16-8-11)20-12-2-3-14-10(6-12)4-5-17-14;/h2-9H,1H3;/q-1;. The molecule has 0 saturated heterocycles. The number of pyridine rings is 1. The van der Waals surface area contributed by atoms with Crippen LogP contribution in [0.1, 0.15) is 10.4 Å². The maximum absolute atomic E-state index is 11.4. The molecule has 2 aromatic heterocycles. The summed E-state index contributed by atoms with van der Waals surface area (Å²) in [5.74, 6) is 0.694. The Bertz CT molecular complexity index is 770. The number of hydrogen-bond donors (Lipinski definition) is 0. The largest absolute Gasteiger partial charge is 0.664 e. The first-order chi connectivity index (χ1) is 9.76. The van der Waals surface area contributed by atoms with Crippen molar-refractivity contribution in [2.45, 2.75) is 0 Å². The third-order valence-corrected chi connectivity index (χ3v) is 2.84. The Morgan fingerprint density at radius 2 is 2.00 bits per heavy atom. The van der Waals surface area contributed by atoms with Crippen LogP contribution in [0.2, 0.25) is 0 Å². The second-order valence-corrected chi connectivity index (χ2v) is 4.17. The summed E-state index contributed by atoms with van der Waals surface area (Å²) >= 11 is 0. The first kappa shape index (κ1) is 15.3. The molecule has 21 heavy (non-hydrogen) atoms. The molecule has 3 aromatic rings. The summed E-state index contributed by atoms with van der Waals surface area (Å²) < 4.78 is 10.3. The van der Waals surface area contributed by atoms with E-state index >= 15 is 0 Å². The number of carbonyl (C=O) groups is 1. The summed E-state index contributed by atoms with van der Waals surface area (Å²) in [6, 6.07) is 9.08. The maximum atomic E-state index is 11.4. The molecule has 0 atom stereocenters. The van der Waals surface area contributed by atoms with Crippen molar-refractivity contribution in [1.29, 1.82) is 0 Å². The first-order valence-electron chi connectivity index (χ1n) is 5.99. The molecule has 3 rings (SSSR count). The molecule has 0 unspecified atom stereocenters. The maximum Gasteiger partial charge on any atom is 0.339 e. The van der Waals surface area contributed by atoms with Crippen LogP contribution in [0.15, 0.2) is 48.9 Å². The van der Waals surface area contributed by atoms with E-state index in [9.17, 15) is 4.79 Å². The van der Waals surface area contributed by atoms with Gasteiger partial charge in [0.05, 0.1) is 18.9 Å². The Labute approximate surface area is 136 Å². The molecule has 0 saturated carbocycles. The van der Waals surface area contributed by atoms with E-state index in [1.54, 1.807) is 18.5 Å². The van der Waals surface area contributed by atoms with Gasteiger partial charge in [-0.15, -0.1) is 5.52 Å². The molecule has 5 nitrogen and oxygen atoms in total. The van der Waals surface area contributed by atoms with Gasteiger partial charge in [0, 0.05) is 28.6 Å². The molecule has 105 valence electrons. The number of ether oxygens (including phenoxy) is 2. The van der Waals surface area contributed by atoms with E-state index in [-0.39, 0.29) is 22.4 Å². The van der Waals surface area contributed by atoms with E-state index in [2.05, 4.69) is 14.7 Å². The zero-order valence-corrected chi connectivity index (χ0v) is 14.4. The average molecular weight is 448 g/mol. The fourth-order valence-electron chi connectivity index (χ4n) is 1.89. The van der Waals surface area contributed by atoms with Gasteiger partial charge in [-0.2, -0.15) is 6.20 Å². The number of fused-ring (bicyclic) bond motifs is 1. The number of benzene rings is 1. The van der Waals surface area contributed by atoms with Crippen LogP contribution >= 0.6 is 0 Å². The predicted molar refractivity (Wildman–Crippen MR) is 72.9 cm³/mol. The van der Waals surface area contributed by atoms with Crippen LogP contribution < -0.4 is 9.72 Å². The van der Waals surface area contributed by atoms with E-state index in [4.69, 9.17) is 4.74 Å². The fraction of sp³-hybridized carbons (Fsp3) is 0.0667. The SMILES string of the molecule is COC(=O)c1cncc(Oc2ccc3[n-]ccc3c2)c1.[Ta].